The molecule has 0 aliphatic heterocycles. The van der Waals surface area contributed by atoms with E-state index in [1.54, 1.807) is 6.92 Å². The summed E-state index contributed by atoms with van der Waals surface area (Å²) >= 11 is 0. The molecule has 4 aliphatic rings. The van der Waals surface area contributed by atoms with Gasteiger partial charge in [0.05, 0.1) is 5.41 Å². The summed E-state index contributed by atoms with van der Waals surface area (Å²) in [5.74, 6) is -0.303. The Hall–Kier alpha value is -1.45. The first kappa shape index (κ1) is 20.8. The van der Waals surface area contributed by atoms with Gasteiger partial charge >= 0.3 is 5.97 Å². The van der Waals surface area contributed by atoms with Gasteiger partial charge in [-0.2, -0.15) is 0 Å². The predicted molar refractivity (Wildman–Crippen MR) is 111 cm³/mol. The molecule has 4 nitrogen and oxygen atoms in total. The zero-order valence-corrected chi connectivity index (χ0v) is 18.6. The van der Waals surface area contributed by atoms with Crippen molar-refractivity contribution in [2.75, 3.05) is 0 Å². The van der Waals surface area contributed by atoms with Gasteiger partial charge in [-0.25, -0.2) is 0 Å². The van der Waals surface area contributed by atoms with Crippen molar-refractivity contribution in [2.24, 2.45) is 39.4 Å². The summed E-state index contributed by atoms with van der Waals surface area (Å²) in [5.41, 5.74) is -0.743. The Labute approximate surface area is 174 Å². The zero-order chi connectivity index (χ0) is 21.4. The first-order chi connectivity index (χ1) is 13.4. The maximum absolute atomic E-state index is 13.6. The summed E-state index contributed by atoms with van der Waals surface area (Å²) in [5, 5.41) is 10.6. The first-order valence-electron chi connectivity index (χ1n) is 11.4. The van der Waals surface area contributed by atoms with Gasteiger partial charge < -0.3 is 5.11 Å². The van der Waals surface area contributed by atoms with Crippen LogP contribution in [0.3, 0.4) is 0 Å². The smallest absolute Gasteiger partial charge is 0.310 e. The molecule has 0 bridgehead atoms. The quantitative estimate of drug-likeness (QED) is 0.691. The number of Topliss-reactive ketones (excluding diaryl/α,β-unsaturated/α-hetero) is 2. The molecule has 0 aromatic carbocycles. The van der Waals surface area contributed by atoms with E-state index in [2.05, 4.69) is 20.8 Å². The minimum atomic E-state index is -0.795. The van der Waals surface area contributed by atoms with Gasteiger partial charge in [0.25, 0.3) is 0 Å². The minimum absolute atomic E-state index is 0.00393. The Balaban J connectivity index is 1.84. The summed E-state index contributed by atoms with van der Waals surface area (Å²) in [6.45, 7) is 10.4. The third kappa shape index (κ3) is 2.59. The Kier molecular flexibility index (Phi) is 4.50. The number of carboxylic acid groups (broad SMARTS) is 1. The fourth-order valence-electron chi connectivity index (χ4n) is 8.49. The van der Waals surface area contributed by atoms with Crippen molar-refractivity contribution in [3.8, 4) is 0 Å². The number of hydrogen-bond donors (Lipinski definition) is 1. The van der Waals surface area contributed by atoms with Gasteiger partial charge in [0.1, 0.15) is 5.78 Å². The van der Waals surface area contributed by atoms with Crippen LogP contribution in [0.4, 0.5) is 0 Å². The largest absolute Gasteiger partial charge is 0.481 e. The first-order valence-corrected chi connectivity index (χ1v) is 11.4. The molecule has 0 heterocycles. The summed E-state index contributed by atoms with van der Waals surface area (Å²) < 4.78 is 0. The Morgan fingerprint density at radius 2 is 1.72 bits per heavy atom. The zero-order valence-electron chi connectivity index (χ0n) is 18.6. The molecule has 0 amide bonds. The fraction of sp³-hybridized carbons (Fsp3) is 0.800. The molecule has 0 unspecified atom stereocenters. The van der Waals surface area contributed by atoms with Crippen LogP contribution in [0.25, 0.3) is 0 Å². The number of aliphatic carboxylic acids is 1. The van der Waals surface area contributed by atoms with Gasteiger partial charge in [0.2, 0.25) is 0 Å². The highest BCUT2D eigenvalue weighted by molar-refractivity contribution is 5.96. The summed E-state index contributed by atoms with van der Waals surface area (Å²) in [6.07, 6.45) is 8.23. The normalized spacial score (nSPS) is 46.0. The lowest BCUT2D eigenvalue weighted by Gasteiger charge is -2.67. The molecule has 0 radical (unpaired) electrons. The van der Waals surface area contributed by atoms with E-state index in [9.17, 15) is 19.5 Å². The predicted octanol–water partition coefficient (Wildman–Crippen LogP) is 5.20. The highest BCUT2D eigenvalue weighted by atomic mass is 16.4. The van der Waals surface area contributed by atoms with Crippen LogP contribution in [0, 0.1) is 39.4 Å². The maximum Gasteiger partial charge on any atom is 0.310 e. The molecular weight excluding hydrogens is 364 g/mol. The van der Waals surface area contributed by atoms with Crippen molar-refractivity contribution in [1.82, 2.24) is 0 Å². The second-order valence-corrected chi connectivity index (χ2v) is 11.6. The molecule has 0 aromatic rings. The van der Waals surface area contributed by atoms with E-state index < -0.39 is 16.8 Å². The molecule has 4 aliphatic carbocycles. The van der Waals surface area contributed by atoms with E-state index in [4.69, 9.17) is 0 Å². The van der Waals surface area contributed by atoms with Crippen LogP contribution in [0.1, 0.15) is 86.0 Å². The molecule has 3 saturated carbocycles. The standard InChI is InChI=1S/C25H36O4/c1-15(26)16-7-8-18-23(4)12-9-17-22(2,3)10-6-11-25(17,21(28)29)19(23)13-20(27)24(18,5)14-16/h7,17-19H,6,8-14H2,1-5H3,(H,28,29)/t17-,18+,19+,23-,24+,25+/m0/s1. The molecule has 6 atom stereocenters. The molecule has 0 spiro atoms. The monoisotopic (exact) mass is 400 g/mol. The van der Waals surface area contributed by atoms with E-state index in [1.807, 2.05) is 13.0 Å². The molecule has 0 saturated heterocycles. The molecule has 1 N–H and O–H groups in total. The van der Waals surface area contributed by atoms with Crippen molar-refractivity contribution in [3.63, 3.8) is 0 Å². The van der Waals surface area contributed by atoms with E-state index in [0.717, 1.165) is 31.3 Å². The van der Waals surface area contributed by atoms with E-state index in [1.165, 1.54) is 0 Å². The van der Waals surface area contributed by atoms with Crippen LogP contribution in [0.15, 0.2) is 11.6 Å². The van der Waals surface area contributed by atoms with Gasteiger partial charge in [-0.3, -0.25) is 14.4 Å². The topological polar surface area (TPSA) is 71.4 Å². The van der Waals surface area contributed by atoms with Gasteiger partial charge in [-0.1, -0.05) is 40.2 Å². The van der Waals surface area contributed by atoms with Crippen molar-refractivity contribution in [3.05, 3.63) is 11.6 Å². The lowest BCUT2D eigenvalue weighted by atomic mass is 9.35. The summed E-state index contributed by atoms with van der Waals surface area (Å²) in [6, 6.07) is 0. The Morgan fingerprint density at radius 1 is 1.03 bits per heavy atom. The molecule has 3 fully saturated rings. The lowest BCUT2D eigenvalue weighted by molar-refractivity contribution is -0.212. The van der Waals surface area contributed by atoms with Crippen LogP contribution >= 0.6 is 0 Å². The van der Waals surface area contributed by atoms with Crippen LogP contribution in [-0.4, -0.2) is 22.6 Å². The number of fused-ring (bicyclic) bond motifs is 5. The third-order valence-electron chi connectivity index (χ3n) is 9.97. The number of carbonyl (C=O) groups excluding carboxylic acids is 2. The number of hydrogen-bond acceptors (Lipinski definition) is 3. The highest BCUT2D eigenvalue weighted by Gasteiger charge is 2.70. The average molecular weight is 401 g/mol. The summed E-state index contributed by atoms with van der Waals surface area (Å²) in [7, 11) is 0. The number of carboxylic acids is 1. The number of allylic oxidation sites excluding steroid dienone is 2. The van der Waals surface area contributed by atoms with Crippen molar-refractivity contribution in [2.45, 2.75) is 86.0 Å². The Bertz CT molecular complexity index is 808. The van der Waals surface area contributed by atoms with E-state index in [-0.39, 0.29) is 40.2 Å². The minimum Gasteiger partial charge on any atom is -0.481 e. The van der Waals surface area contributed by atoms with Crippen LogP contribution in [0.2, 0.25) is 0 Å². The van der Waals surface area contributed by atoms with Gasteiger partial charge in [-0.15, -0.1) is 0 Å². The lowest BCUT2D eigenvalue weighted by Crippen LogP contribution is -2.66. The SMILES string of the molecule is CC(=O)C1=CC[C@@H]2[C@]3(C)CC[C@H]4C(C)(C)CCC[C@]4(C(=O)O)[C@@H]3CC(=O)[C@]2(C)C1. The molecule has 4 heteroatoms. The number of rotatable bonds is 2. The van der Waals surface area contributed by atoms with Gasteiger partial charge in [-0.05, 0) is 79.6 Å². The van der Waals surface area contributed by atoms with Crippen LogP contribution in [-0.2, 0) is 14.4 Å². The van der Waals surface area contributed by atoms with E-state index in [0.29, 0.717) is 25.7 Å². The van der Waals surface area contributed by atoms with E-state index >= 15 is 0 Å². The maximum atomic E-state index is 13.6. The van der Waals surface area contributed by atoms with Gasteiger partial charge in [0, 0.05) is 11.8 Å². The van der Waals surface area contributed by atoms with Gasteiger partial charge in [0.15, 0.2) is 5.78 Å². The third-order valence-corrected chi connectivity index (χ3v) is 9.97. The second-order valence-electron chi connectivity index (χ2n) is 11.6. The average Bonchev–Trinajstić information content (AvgIpc) is 2.62. The molecule has 0 aromatic heterocycles. The molecular formula is C25H36O4. The highest BCUT2D eigenvalue weighted by Crippen LogP contribution is 2.71. The fourth-order valence-corrected chi connectivity index (χ4v) is 8.49. The Morgan fingerprint density at radius 3 is 2.34 bits per heavy atom. The van der Waals surface area contributed by atoms with Crippen molar-refractivity contribution >= 4 is 17.5 Å². The van der Waals surface area contributed by atoms with Crippen molar-refractivity contribution < 1.29 is 19.5 Å². The van der Waals surface area contributed by atoms with Crippen LogP contribution < -0.4 is 0 Å². The van der Waals surface area contributed by atoms with Crippen molar-refractivity contribution in [1.29, 1.82) is 0 Å². The number of ketones is 2. The number of carbonyl (C=O) groups is 3. The van der Waals surface area contributed by atoms with Crippen LogP contribution in [0.5, 0.6) is 0 Å². The molecule has 29 heavy (non-hydrogen) atoms. The second kappa shape index (κ2) is 6.28. The molecule has 4 rings (SSSR count). The summed E-state index contributed by atoms with van der Waals surface area (Å²) in [4.78, 5) is 38.5. The molecule has 160 valence electrons.